The minimum absolute atomic E-state index is 0.130. The summed E-state index contributed by atoms with van der Waals surface area (Å²) in [6, 6.07) is 13.4. The molecule has 0 fully saturated rings. The molecule has 0 atom stereocenters. The summed E-state index contributed by atoms with van der Waals surface area (Å²) in [4.78, 5) is 38.8. The third-order valence-corrected chi connectivity index (χ3v) is 4.36. The lowest BCUT2D eigenvalue weighted by atomic mass is 10.1. The van der Waals surface area contributed by atoms with E-state index in [1.807, 2.05) is 36.4 Å². The number of aryl methyl sites for hydroxylation is 1. The molecule has 0 spiro atoms. The molecule has 0 aliphatic heterocycles. The molecule has 6 nitrogen and oxygen atoms in total. The van der Waals surface area contributed by atoms with Gasteiger partial charge in [-0.3, -0.25) is 9.59 Å². The number of aromatic nitrogens is 1. The highest BCUT2D eigenvalue weighted by atomic mass is 16.5. The van der Waals surface area contributed by atoms with E-state index in [0.717, 1.165) is 10.8 Å². The average Bonchev–Trinajstić information content (AvgIpc) is 2.94. The Kier molecular flexibility index (Phi) is 5.07. The van der Waals surface area contributed by atoms with Crippen LogP contribution < -0.4 is 5.32 Å². The average molecular weight is 364 g/mol. The number of ketones is 1. The number of ether oxygens (including phenoxy) is 1. The summed E-state index contributed by atoms with van der Waals surface area (Å²) in [5.74, 6) is -1.24. The van der Waals surface area contributed by atoms with Gasteiger partial charge in [0.05, 0.1) is 0 Å². The molecule has 3 rings (SSSR count). The Morgan fingerprint density at radius 2 is 1.74 bits per heavy atom. The minimum Gasteiger partial charge on any atom is -0.451 e. The number of anilines is 1. The van der Waals surface area contributed by atoms with Gasteiger partial charge in [-0.2, -0.15) is 0 Å². The van der Waals surface area contributed by atoms with Crippen molar-refractivity contribution in [1.82, 2.24) is 4.98 Å². The third-order valence-electron chi connectivity index (χ3n) is 4.36. The summed E-state index contributed by atoms with van der Waals surface area (Å²) >= 11 is 0. The van der Waals surface area contributed by atoms with Crippen molar-refractivity contribution >= 4 is 34.1 Å². The van der Waals surface area contributed by atoms with E-state index in [1.54, 1.807) is 19.9 Å². The van der Waals surface area contributed by atoms with Crippen molar-refractivity contribution in [3.05, 3.63) is 65.0 Å². The van der Waals surface area contributed by atoms with Gasteiger partial charge in [0.25, 0.3) is 5.91 Å². The minimum atomic E-state index is -0.670. The highest BCUT2D eigenvalue weighted by molar-refractivity contribution is 6.02. The van der Waals surface area contributed by atoms with Gasteiger partial charge in [-0.05, 0) is 49.2 Å². The Labute approximate surface area is 156 Å². The highest BCUT2D eigenvalue weighted by Crippen LogP contribution is 2.20. The Morgan fingerprint density at radius 1 is 1.04 bits per heavy atom. The fraction of sp³-hybridized carbons (Fsp3) is 0.190. The van der Waals surface area contributed by atoms with E-state index in [2.05, 4.69) is 10.3 Å². The number of fused-ring (bicyclic) bond motifs is 1. The van der Waals surface area contributed by atoms with Crippen LogP contribution in [-0.4, -0.2) is 29.3 Å². The second kappa shape index (κ2) is 7.45. The monoisotopic (exact) mass is 364 g/mol. The van der Waals surface area contributed by atoms with Crippen molar-refractivity contribution < 1.29 is 19.1 Å². The molecule has 0 aliphatic rings. The number of amides is 1. The topological polar surface area (TPSA) is 88.3 Å². The summed E-state index contributed by atoms with van der Waals surface area (Å²) in [5, 5.41) is 4.78. The number of hydrogen-bond acceptors (Lipinski definition) is 4. The molecular formula is C21H20N2O4. The van der Waals surface area contributed by atoms with E-state index >= 15 is 0 Å². The maximum atomic E-state index is 12.2. The first-order chi connectivity index (χ1) is 12.9. The molecule has 6 heteroatoms. The number of hydrogen-bond donors (Lipinski definition) is 2. The molecule has 138 valence electrons. The second-order valence-corrected chi connectivity index (χ2v) is 6.37. The van der Waals surface area contributed by atoms with Crippen molar-refractivity contribution in [3.8, 4) is 0 Å². The van der Waals surface area contributed by atoms with Crippen LogP contribution in [0.5, 0.6) is 0 Å². The highest BCUT2D eigenvalue weighted by Gasteiger charge is 2.21. The fourth-order valence-electron chi connectivity index (χ4n) is 3.15. The number of H-pyrrole nitrogens is 1. The summed E-state index contributed by atoms with van der Waals surface area (Å²) in [5.41, 5.74) is 2.42. The molecule has 0 radical (unpaired) electrons. The number of carbonyl (C=O) groups excluding carboxylic acids is 3. The van der Waals surface area contributed by atoms with Gasteiger partial charge in [0.1, 0.15) is 5.69 Å². The standard InChI is InChI=1S/C21H20N2O4/c1-12-19(14(3)24)13(2)22-20(12)21(26)27-11-18(25)23-17-9-8-15-6-4-5-7-16(15)10-17/h4-10,22H,11H2,1-3H3,(H,23,25). The summed E-state index contributed by atoms with van der Waals surface area (Å²) < 4.78 is 5.08. The van der Waals surface area contributed by atoms with Crippen molar-refractivity contribution in [1.29, 1.82) is 0 Å². The number of esters is 1. The maximum absolute atomic E-state index is 12.2. The van der Waals surface area contributed by atoms with Crippen LogP contribution in [0.15, 0.2) is 42.5 Å². The van der Waals surface area contributed by atoms with Gasteiger partial charge in [0.2, 0.25) is 0 Å². The number of carbonyl (C=O) groups is 3. The van der Waals surface area contributed by atoms with Gasteiger partial charge in [0.15, 0.2) is 12.4 Å². The van der Waals surface area contributed by atoms with Crippen LogP contribution in [0, 0.1) is 13.8 Å². The van der Waals surface area contributed by atoms with Gasteiger partial charge < -0.3 is 15.0 Å². The zero-order valence-corrected chi connectivity index (χ0v) is 15.4. The number of Topliss-reactive ketones (excluding diaryl/α,β-unsaturated/α-hetero) is 1. The van der Waals surface area contributed by atoms with Crippen molar-refractivity contribution in [2.75, 3.05) is 11.9 Å². The first kappa shape index (κ1) is 18.4. The largest absolute Gasteiger partial charge is 0.451 e. The van der Waals surface area contributed by atoms with Gasteiger partial charge in [0, 0.05) is 16.9 Å². The number of benzene rings is 2. The first-order valence-corrected chi connectivity index (χ1v) is 8.52. The Morgan fingerprint density at radius 3 is 2.41 bits per heavy atom. The van der Waals surface area contributed by atoms with Crippen molar-refractivity contribution in [2.45, 2.75) is 20.8 Å². The SMILES string of the molecule is CC(=O)c1c(C)[nH]c(C(=O)OCC(=O)Nc2ccc3ccccc3c2)c1C. The molecule has 1 heterocycles. The molecule has 1 aromatic heterocycles. The molecule has 0 bridgehead atoms. The van der Waals surface area contributed by atoms with E-state index in [-0.39, 0.29) is 11.5 Å². The Hall–Kier alpha value is -3.41. The molecule has 0 unspecified atom stereocenters. The Balaban J connectivity index is 1.64. The lowest BCUT2D eigenvalue weighted by molar-refractivity contribution is -0.119. The summed E-state index contributed by atoms with van der Waals surface area (Å²) in [6.07, 6.45) is 0. The second-order valence-electron chi connectivity index (χ2n) is 6.37. The molecule has 2 aromatic carbocycles. The van der Waals surface area contributed by atoms with Crippen LogP contribution >= 0.6 is 0 Å². The van der Waals surface area contributed by atoms with Gasteiger partial charge in [-0.1, -0.05) is 30.3 Å². The molecular weight excluding hydrogens is 344 g/mol. The molecule has 2 N–H and O–H groups in total. The molecule has 3 aromatic rings. The zero-order chi connectivity index (χ0) is 19.6. The summed E-state index contributed by atoms with van der Waals surface area (Å²) in [7, 11) is 0. The number of aromatic amines is 1. The lowest BCUT2D eigenvalue weighted by Crippen LogP contribution is -2.21. The summed E-state index contributed by atoms with van der Waals surface area (Å²) in [6.45, 7) is 4.41. The van der Waals surface area contributed by atoms with Crippen LogP contribution in [0.1, 0.15) is 39.0 Å². The van der Waals surface area contributed by atoms with Crippen molar-refractivity contribution in [3.63, 3.8) is 0 Å². The van der Waals surface area contributed by atoms with Crippen LogP contribution in [0.3, 0.4) is 0 Å². The molecule has 27 heavy (non-hydrogen) atoms. The van der Waals surface area contributed by atoms with Gasteiger partial charge in [-0.15, -0.1) is 0 Å². The van der Waals surface area contributed by atoms with Crippen molar-refractivity contribution in [2.24, 2.45) is 0 Å². The van der Waals surface area contributed by atoms with Gasteiger partial charge in [-0.25, -0.2) is 4.79 Å². The molecule has 0 aliphatic carbocycles. The van der Waals surface area contributed by atoms with E-state index in [4.69, 9.17) is 4.74 Å². The third kappa shape index (κ3) is 3.89. The van der Waals surface area contributed by atoms with Crippen LogP contribution in [-0.2, 0) is 9.53 Å². The lowest BCUT2D eigenvalue weighted by Gasteiger charge is -2.07. The van der Waals surface area contributed by atoms with E-state index in [9.17, 15) is 14.4 Å². The predicted molar refractivity (Wildman–Crippen MR) is 103 cm³/mol. The smallest absolute Gasteiger partial charge is 0.355 e. The number of rotatable bonds is 5. The zero-order valence-electron chi connectivity index (χ0n) is 15.4. The normalized spacial score (nSPS) is 10.6. The maximum Gasteiger partial charge on any atom is 0.355 e. The first-order valence-electron chi connectivity index (χ1n) is 8.52. The molecule has 0 saturated heterocycles. The van der Waals surface area contributed by atoms with E-state index in [1.165, 1.54) is 6.92 Å². The molecule has 0 saturated carbocycles. The Bertz CT molecular complexity index is 1050. The quantitative estimate of drug-likeness (QED) is 0.533. The number of nitrogens with one attached hydrogen (secondary N) is 2. The fourth-order valence-corrected chi connectivity index (χ4v) is 3.15. The van der Waals surface area contributed by atoms with Crippen LogP contribution in [0.4, 0.5) is 5.69 Å². The van der Waals surface area contributed by atoms with E-state index < -0.39 is 18.5 Å². The van der Waals surface area contributed by atoms with Crippen LogP contribution in [0.25, 0.3) is 10.8 Å². The molecule has 1 amide bonds. The van der Waals surface area contributed by atoms with Gasteiger partial charge >= 0.3 is 5.97 Å². The van der Waals surface area contributed by atoms with Crippen LogP contribution in [0.2, 0.25) is 0 Å². The van der Waals surface area contributed by atoms with E-state index in [0.29, 0.717) is 22.5 Å². The predicted octanol–water partition coefficient (Wildman–Crippen LogP) is 3.78.